The van der Waals surface area contributed by atoms with Gasteiger partial charge in [0, 0.05) is 29.1 Å². The fraction of sp³-hybridized carbons (Fsp3) is 0. The Bertz CT molecular complexity index is 2730. The van der Waals surface area contributed by atoms with Crippen molar-refractivity contribution in [2.75, 3.05) is 0 Å². The highest BCUT2D eigenvalue weighted by atomic mass is 15.0. The van der Waals surface area contributed by atoms with Gasteiger partial charge >= 0.3 is 0 Å². The van der Waals surface area contributed by atoms with Crippen LogP contribution in [-0.2, 0) is 0 Å². The molecule has 4 nitrogen and oxygen atoms in total. The van der Waals surface area contributed by atoms with E-state index in [1.54, 1.807) is 12.4 Å². The zero-order valence-electron chi connectivity index (χ0n) is 24.6. The molecule has 0 unspecified atom stereocenters. The molecular weight excluding hydrogens is 560 g/mol. The van der Waals surface area contributed by atoms with Gasteiger partial charge in [0.15, 0.2) is 17.5 Å². The summed E-state index contributed by atoms with van der Waals surface area (Å²) < 4.78 is 0. The topological polar surface area (TPSA) is 51.6 Å². The van der Waals surface area contributed by atoms with Crippen LogP contribution in [0.15, 0.2) is 146 Å². The molecule has 10 rings (SSSR count). The highest BCUT2D eigenvalue weighted by Crippen LogP contribution is 2.44. The van der Waals surface area contributed by atoms with Gasteiger partial charge in [-0.2, -0.15) is 0 Å². The predicted molar refractivity (Wildman–Crippen MR) is 190 cm³/mol. The van der Waals surface area contributed by atoms with Crippen molar-refractivity contribution in [1.29, 1.82) is 0 Å². The second kappa shape index (κ2) is 9.62. The summed E-state index contributed by atoms with van der Waals surface area (Å²) >= 11 is 0. The van der Waals surface area contributed by atoms with Crippen LogP contribution in [0.4, 0.5) is 0 Å². The number of rotatable bonds is 3. The molecule has 0 N–H and O–H groups in total. The van der Waals surface area contributed by atoms with Crippen molar-refractivity contribution in [1.82, 2.24) is 19.9 Å². The summed E-state index contributed by atoms with van der Waals surface area (Å²) in [5, 5.41) is 14.9. The lowest BCUT2D eigenvalue weighted by atomic mass is 9.87. The van der Waals surface area contributed by atoms with E-state index in [1.165, 1.54) is 59.2 Å². The van der Waals surface area contributed by atoms with Crippen molar-refractivity contribution < 1.29 is 0 Å². The summed E-state index contributed by atoms with van der Waals surface area (Å²) in [5.74, 6) is 1.90. The van der Waals surface area contributed by atoms with E-state index in [0.29, 0.717) is 17.5 Å². The fourth-order valence-electron chi connectivity index (χ4n) is 7.26. The van der Waals surface area contributed by atoms with Gasteiger partial charge in [-0.05, 0) is 88.9 Å². The molecule has 0 bridgehead atoms. The third-order valence-electron chi connectivity index (χ3n) is 9.29. The molecule has 0 spiro atoms. The minimum atomic E-state index is 0.621. The molecule has 0 aliphatic carbocycles. The van der Waals surface area contributed by atoms with E-state index in [4.69, 9.17) is 15.0 Å². The molecule has 8 aromatic carbocycles. The SMILES string of the molecule is c1ccc(-c2nc(-c3ccncc3)nc(-c3cc4ccc5cccc6c7cccc8ccc9cccc(c(c3)c4c56)c9c87)n2)cc1. The second-order valence-electron chi connectivity index (χ2n) is 11.9. The molecule has 0 fully saturated rings. The van der Waals surface area contributed by atoms with Gasteiger partial charge in [-0.15, -0.1) is 0 Å². The van der Waals surface area contributed by atoms with Gasteiger partial charge in [-0.3, -0.25) is 4.98 Å². The van der Waals surface area contributed by atoms with Crippen LogP contribution in [0.3, 0.4) is 0 Å². The van der Waals surface area contributed by atoms with Crippen LogP contribution in [0.1, 0.15) is 0 Å². The van der Waals surface area contributed by atoms with E-state index >= 15 is 0 Å². The summed E-state index contributed by atoms with van der Waals surface area (Å²) in [7, 11) is 0. The van der Waals surface area contributed by atoms with E-state index in [2.05, 4.69) is 96.0 Å². The average Bonchev–Trinajstić information content (AvgIpc) is 3.13. The fourth-order valence-corrected chi connectivity index (χ4v) is 7.26. The van der Waals surface area contributed by atoms with Crippen molar-refractivity contribution in [3.05, 3.63) is 146 Å². The summed E-state index contributed by atoms with van der Waals surface area (Å²) in [6.07, 6.45) is 3.55. The number of hydrogen-bond donors (Lipinski definition) is 0. The van der Waals surface area contributed by atoms with Gasteiger partial charge in [-0.25, -0.2) is 15.0 Å². The largest absolute Gasteiger partial charge is 0.265 e. The summed E-state index contributed by atoms with van der Waals surface area (Å²) in [6, 6.07) is 47.6. The number of benzene rings is 7. The number of nitrogens with zero attached hydrogens (tertiary/aromatic N) is 4. The number of pyridine rings is 1. The first kappa shape index (κ1) is 25.1. The first-order valence-electron chi connectivity index (χ1n) is 15.5. The smallest absolute Gasteiger partial charge is 0.164 e. The predicted octanol–water partition coefficient (Wildman–Crippen LogP) is 10.6. The quantitative estimate of drug-likeness (QED) is 0.194. The Morgan fingerprint density at radius 2 is 0.761 bits per heavy atom. The van der Waals surface area contributed by atoms with E-state index in [9.17, 15) is 0 Å². The molecule has 2 aromatic heterocycles. The zero-order chi connectivity index (χ0) is 30.2. The van der Waals surface area contributed by atoms with E-state index in [-0.39, 0.29) is 0 Å². The van der Waals surface area contributed by atoms with Gasteiger partial charge in [-0.1, -0.05) is 109 Å². The maximum atomic E-state index is 5.09. The maximum absolute atomic E-state index is 5.09. The molecule has 4 heteroatoms. The van der Waals surface area contributed by atoms with Crippen LogP contribution in [0.5, 0.6) is 0 Å². The second-order valence-corrected chi connectivity index (χ2v) is 11.9. The first-order chi connectivity index (χ1) is 22.8. The Balaban J connectivity index is 1.39. The third kappa shape index (κ3) is 3.67. The highest BCUT2D eigenvalue weighted by molar-refractivity contribution is 6.37. The molecule has 0 saturated heterocycles. The van der Waals surface area contributed by atoms with E-state index in [1.807, 2.05) is 42.5 Å². The molecule has 2 heterocycles. The van der Waals surface area contributed by atoms with Crippen molar-refractivity contribution in [2.45, 2.75) is 0 Å². The highest BCUT2D eigenvalue weighted by Gasteiger charge is 2.18. The number of fused-ring (bicyclic) bond motifs is 2. The minimum Gasteiger partial charge on any atom is -0.265 e. The molecule has 0 radical (unpaired) electrons. The number of aromatic nitrogens is 4. The van der Waals surface area contributed by atoms with Crippen molar-refractivity contribution in [3.8, 4) is 34.2 Å². The molecular formula is C42H24N4. The summed E-state index contributed by atoms with van der Waals surface area (Å²) in [6.45, 7) is 0. The van der Waals surface area contributed by atoms with E-state index in [0.717, 1.165) is 22.1 Å². The van der Waals surface area contributed by atoms with Crippen LogP contribution in [0.2, 0.25) is 0 Å². The summed E-state index contributed by atoms with van der Waals surface area (Å²) in [4.78, 5) is 19.3. The maximum Gasteiger partial charge on any atom is 0.164 e. The molecule has 0 atom stereocenters. The van der Waals surface area contributed by atoms with Crippen LogP contribution in [-0.4, -0.2) is 19.9 Å². The molecule has 0 saturated carbocycles. The van der Waals surface area contributed by atoms with Gasteiger partial charge in [0.1, 0.15) is 0 Å². The molecule has 0 aliphatic heterocycles. The van der Waals surface area contributed by atoms with Gasteiger partial charge in [0.2, 0.25) is 0 Å². The molecule has 46 heavy (non-hydrogen) atoms. The summed E-state index contributed by atoms with van der Waals surface area (Å²) in [5.41, 5.74) is 2.79. The average molecular weight is 585 g/mol. The van der Waals surface area contributed by atoms with Crippen LogP contribution in [0.25, 0.3) is 98.8 Å². The lowest BCUT2D eigenvalue weighted by Gasteiger charge is -2.17. The third-order valence-corrected chi connectivity index (χ3v) is 9.29. The Kier molecular flexibility index (Phi) is 5.25. The van der Waals surface area contributed by atoms with Gasteiger partial charge in [0.05, 0.1) is 0 Å². The Labute approximate surface area is 264 Å². The lowest BCUT2D eigenvalue weighted by Crippen LogP contribution is -2.00. The molecule has 0 amide bonds. The standard InChI is InChI=1S/C42H24N4/c1-2-7-28(8-3-1)40-44-41(29-19-21-43-22-20-29)46-42(45-40)31-23-30-18-17-27-10-5-13-33-32-12-4-9-25-15-16-26-11-6-14-34(38(26)36(25)32)35(24-31)39(30)37(27)33/h1-24H. The Morgan fingerprint density at radius 3 is 1.33 bits per heavy atom. The lowest BCUT2D eigenvalue weighted by molar-refractivity contribution is 1.07. The Morgan fingerprint density at radius 1 is 0.304 bits per heavy atom. The van der Waals surface area contributed by atoms with Crippen LogP contribution in [0, 0.1) is 0 Å². The first-order valence-corrected chi connectivity index (χ1v) is 15.5. The molecule has 10 aromatic rings. The van der Waals surface area contributed by atoms with Crippen molar-refractivity contribution in [3.63, 3.8) is 0 Å². The van der Waals surface area contributed by atoms with Crippen molar-refractivity contribution in [2.24, 2.45) is 0 Å². The van der Waals surface area contributed by atoms with Crippen molar-refractivity contribution >= 4 is 64.6 Å². The molecule has 0 aliphatic rings. The zero-order valence-corrected chi connectivity index (χ0v) is 24.6. The minimum absolute atomic E-state index is 0.621. The Hall–Kier alpha value is -6.26. The van der Waals surface area contributed by atoms with Gasteiger partial charge in [0.25, 0.3) is 0 Å². The monoisotopic (exact) mass is 584 g/mol. The number of hydrogen-bond acceptors (Lipinski definition) is 4. The van der Waals surface area contributed by atoms with E-state index < -0.39 is 0 Å². The normalized spacial score (nSPS) is 11.9. The van der Waals surface area contributed by atoms with Gasteiger partial charge < -0.3 is 0 Å². The molecule has 212 valence electrons. The van der Waals surface area contributed by atoms with Crippen LogP contribution >= 0.6 is 0 Å². The van der Waals surface area contributed by atoms with Crippen LogP contribution < -0.4 is 0 Å².